The first-order valence-electron chi connectivity index (χ1n) is 13.6. The highest BCUT2D eigenvalue weighted by Gasteiger charge is 2.99. The van der Waals surface area contributed by atoms with E-state index in [1.807, 2.05) is 84.9 Å². The van der Waals surface area contributed by atoms with Crippen molar-refractivity contribution in [3.05, 3.63) is 144 Å². The fourth-order valence-corrected chi connectivity index (χ4v) is 7.52. The minimum absolute atomic E-state index is 0.0269. The molecule has 4 aromatic carbocycles. The molecule has 1 saturated carbocycles. The highest BCUT2D eigenvalue weighted by Crippen LogP contribution is 2.78. The molecule has 3 fully saturated rings. The van der Waals surface area contributed by atoms with Crippen molar-refractivity contribution in [3.8, 4) is 0 Å². The summed E-state index contributed by atoms with van der Waals surface area (Å²) in [5.74, 6) is -1.34. The quantitative estimate of drug-likeness (QED) is 0.253. The molecule has 0 radical (unpaired) electrons. The SMILES string of the molecule is O=C1O[C@]2(C(O)c3ccccc3)[C@@H](c3ccccc3)C[C@H](O)[C@](O)(c3ccccc3)C23O[C@]13Cc1ccccc1. The van der Waals surface area contributed by atoms with Gasteiger partial charge in [-0.05, 0) is 28.7 Å². The predicted octanol–water partition coefficient (Wildman–Crippen LogP) is 4.20. The second-order valence-corrected chi connectivity index (χ2v) is 11.1. The first-order chi connectivity index (χ1) is 19.4. The Kier molecular flexibility index (Phi) is 5.57. The zero-order valence-corrected chi connectivity index (χ0v) is 21.8. The second kappa shape index (κ2) is 8.85. The Hall–Kier alpha value is -3.81. The van der Waals surface area contributed by atoms with Gasteiger partial charge >= 0.3 is 5.97 Å². The van der Waals surface area contributed by atoms with Crippen molar-refractivity contribution in [2.45, 2.75) is 53.4 Å². The van der Waals surface area contributed by atoms with Gasteiger partial charge < -0.3 is 24.8 Å². The van der Waals surface area contributed by atoms with Crippen LogP contribution in [0.3, 0.4) is 0 Å². The normalized spacial score (nSPS) is 34.8. The molecule has 0 amide bonds. The Morgan fingerprint density at radius 3 is 1.98 bits per heavy atom. The third-order valence-corrected chi connectivity index (χ3v) is 9.22. The molecule has 202 valence electrons. The first kappa shape index (κ1) is 25.2. The van der Waals surface area contributed by atoms with Crippen LogP contribution >= 0.6 is 0 Å². The zero-order valence-electron chi connectivity index (χ0n) is 21.8. The van der Waals surface area contributed by atoms with Crippen LogP contribution in [0.25, 0.3) is 0 Å². The van der Waals surface area contributed by atoms with Gasteiger partial charge in [0.25, 0.3) is 0 Å². The molecular formula is C34H30O6. The van der Waals surface area contributed by atoms with Gasteiger partial charge in [0, 0.05) is 12.3 Å². The van der Waals surface area contributed by atoms with Gasteiger partial charge in [0.2, 0.25) is 5.60 Å². The number of esters is 1. The molecule has 6 nitrogen and oxygen atoms in total. The largest absolute Gasteiger partial charge is 0.450 e. The lowest BCUT2D eigenvalue weighted by Gasteiger charge is -2.56. The van der Waals surface area contributed by atoms with Crippen LogP contribution < -0.4 is 0 Å². The van der Waals surface area contributed by atoms with E-state index >= 15 is 0 Å². The van der Waals surface area contributed by atoms with Gasteiger partial charge in [0.15, 0.2) is 16.8 Å². The van der Waals surface area contributed by atoms with Crippen LogP contribution in [0.1, 0.15) is 40.7 Å². The summed E-state index contributed by atoms with van der Waals surface area (Å²) < 4.78 is 13.1. The van der Waals surface area contributed by atoms with E-state index in [4.69, 9.17) is 9.47 Å². The van der Waals surface area contributed by atoms with Crippen LogP contribution in [0.5, 0.6) is 0 Å². The van der Waals surface area contributed by atoms with Crippen molar-refractivity contribution < 1.29 is 29.6 Å². The summed E-state index contributed by atoms with van der Waals surface area (Å²) in [6.45, 7) is 0. The van der Waals surface area contributed by atoms with Gasteiger partial charge in [-0.15, -0.1) is 0 Å². The minimum Gasteiger partial charge on any atom is -0.450 e. The highest BCUT2D eigenvalue weighted by molar-refractivity contribution is 5.92. The molecule has 2 saturated heterocycles. The maximum atomic E-state index is 14.2. The van der Waals surface area contributed by atoms with Crippen LogP contribution in [0.15, 0.2) is 121 Å². The third kappa shape index (κ3) is 3.05. The monoisotopic (exact) mass is 534 g/mol. The predicted molar refractivity (Wildman–Crippen MR) is 147 cm³/mol. The Morgan fingerprint density at radius 2 is 1.35 bits per heavy atom. The Morgan fingerprint density at radius 1 is 0.800 bits per heavy atom. The number of epoxide rings is 1. The topological polar surface area (TPSA) is 99.5 Å². The number of carbonyl (C=O) groups excluding carboxylic acids is 1. The van der Waals surface area contributed by atoms with E-state index < -0.39 is 46.5 Å². The summed E-state index contributed by atoms with van der Waals surface area (Å²) in [5, 5.41) is 37.1. The molecule has 6 heteroatoms. The van der Waals surface area contributed by atoms with Crippen molar-refractivity contribution in [1.29, 1.82) is 0 Å². The van der Waals surface area contributed by atoms with Crippen molar-refractivity contribution >= 4 is 5.97 Å². The fourth-order valence-electron chi connectivity index (χ4n) is 7.52. The van der Waals surface area contributed by atoms with Crippen LogP contribution in [-0.2, 0) is 26.3 Å². The van der Waals surface area contributed by atoms with E-state index in [9.17, 15) is 20.1 Å². The van der Waals surface area contributed by atoms with Gasteiger partial charge in [-0.3, -0.25) is 0 Å². The number of carbonyl (C=O) groups is 1. The van der Waals surface area contributed by atoms with E-state index in [2.05, 4.69) is 0 Å². The first-order valence-corrected chi connectivity index (χ1v) is 13.6. The molecule has 4 aromatic rings. The van der Waals surface area contributed by atoms with E-state index in [0.29, 0.717) is 11.1 Å². The lowest BCUT2D eigenvalue weighted by Crippen LogP contribution is -2.71. The third-order valence-electron chi connectivity index (χ3n) is 9.22. The number of rotatable bonds is 6. The molecular weight excluding hydrogens is 504 g/mol. The van der Waals surface area contributed by atoms with Gasteiger partial charge in [-0.25, -0.2) is 4.79 Å². The van der Waals surface area contributed by atoms with Gasteiger partial charge in [-0.1, -0.05) is 121 Å². The molecule has 3 N–H and O–H groups in total. The number of aliphatic hydroxyl groups excluding tert-OH is 2. The lowest BCUT2D eigenvalue weighted by atomic mass is 9.51. The minimum atomic E-state index is -2.07. The Bertz CT molecular complexity index is 1530. The fraction of sp³-hybridized carbons (Fsp3) is 0.265. The molecule has 7 atom stereocenters. The summed E-state index contributed by atoms with van der Waals surface area (Å²) in [4.78, 5) is 14.2. The number of benzene rings is 4. The summed E-state index contributed by atoms with van der Waals surface area (Å²) >= 11 is 0. The van der Waals surface area contributed by atoms with Crippen LogP contribution in [0, 0.1) is 0 Å². The van der Waals surface area contributed by atoms with E-state index in [0.717, 1.165) is 11.1 Å². The summed E-state index contributed by atoms with van der Waals surface area (Å²) in [6.07, 6.45) is -2.56. The average Bonchev–Trinajstić information content (AvgIpc) is 3.64. The number of hydrogen-bond acceptors (Lipinski definition) is 6. The maximum Gasteiger partial charge on any atom is 0.342 e. The lowest BCUT2D eigenvalue weighted by molar-refractivity contribution is -0.263. The molecule has 2 unspecified atom stereocenters. The van der Waals surface area contributed by atoms with E-state index in [1.54, 1.807) is 36.4 Å². The Balaban J connectivity index is 1.53. The second-order valence-electron chi connectivity index (χ2n) is 11.1. The molecule has 2 aliphatic heterocycles. The smallest absolute Gasteiger partial charge is 0.342 e. The number of ether oxygens (including phenoxy) is 2. The molecule has 7 rings (SSSR count). The summed E-state index contributed by atoms with van der Waals surface area (Å²) in [5.41, 5.74) is -4.78. The zero-order chi connectivity index (χ0) is 27.6. The molecule has 1 aliphatic carbocycles. The molecule has 0 aromatic heterocycles. The Labute approximate surface area is 232 Å². The maximum absolute atomic E-state index is 14.2. The van der Waals surface area contributed by atoms with Gasteiger partial charge in [-0.2, -0.15) is 0 Å². The molecule has 0 bridgehead atoms. The molecule has 3 aliphatic rings. The standard InChI is InChI=1S/C34H30O6/c35-28-21-27(24-15-7-2-8-16-24)33(29(36)25-17-9-3-10-18-25)34(32(28,38)26-19-11-4-12-20-26)31(40-34,30(37)39-33)22-23-13-5-1-6-14-23/h1-20,27-29,35-36,38H,21-22H2/t27-,28+,29?,31-,32-,33+,34?/m1/s1. The van der Waals surface area contributed by atoms with Gasteiger partial charge in [0.1, 0.15) is 6.10 Å². The van der Waals surface area contributed by atoms with Crippen molar-refractivity contribution in [1.82, 2.24) is 0 Å². The van der Waals surface area contributed by atoms with Crippen LogP contribution in [-0.4, -0.2) is 44.2 Å². The van der Waals surface area contributed by atoms with Crippen molar-refractivity contribution in [3.63, 3.8) is 0 Å². The number of hydrogen-bond donors (Lipinski definition) is 3. The van der Waals surface area contributed by atoms with E-state index in [1.165, 1.54) is 0 Å². The highest BCUT2D eigenvalue weighted by atomic mass is 16.7. The van der Waals surface area contributed by atoms with Crippen molar-refractivity contribution in [2.75, 3.05) is 0 Å². The van der Waals surface area contributed by atoms with Crippen LogP contribution in [0.2, 0.25) is 0 Å². The summed E-state index contributed by atoms with van der Waals surface area (Å²) in [7, 11) is 0. The molecule has 2 heterocycles. The molecule has 1 spiro atoms. The number of aliphatic hydroxyl groups is 3. The van der Waals surface area contributed by atoms with Crippen LogP contribution in [0.4, 0.5) is 0 Å². The van der Waals surface area contributed by atoms with Crippen molar-refractivity contribution in [2.24, 2.45) is 0 Å². The molecule has 40 heavy (non-hydrogen) atoms. The average molecular weight is 535 g/mol. The summed E-state index contributed by atoms with van der Waals surface area (Å²) in [6, 6.07) is 36.6. The van der Waals surface area contributed by atoms with Gasteiger partial charge in [0.05, 0.1) is 6.10 Å². The van der Waals surface area contributed by atoms with E-state index in [-0.39, 0.29) is 12.8 Å².